The summed E-state index contributed by atoms with van der Waals surface area (Å²) in [6, 6.07) is 0.831. The summed E-state index contributed by atoms with van der Waals surface area (Å²) in [7, 11) is 2.17. The molecule has 0 radical (unpaired) electrons. The second-order valence-corrected chi connectivity index (χ2v) is 6.92. The highest BCUT2D eigenvalue weighted by molar-refractivity contribution is 5.71. The predicted octanol–water partition coefficient (Wildman–Crippen LogP) is 3.39. The molecule has 0 aromatic carbocycles. The molecule has 0 aromatic heterocycles. The van der Waals surface area contributed by atoms with Gasteiger partial charge in [-0.25, -0.2) is 0 Å². The number of carboxylic acid groups (broad SMARTS) is 1. The number of rotatable bonds is 3. The van der Waals surface area contributed by atoms with Gasteiger partial charge in [0, 0.05) is 12.1 Å². The minimum absolute atomic E-state index is 0.157. The minimum atomic E-state index is -0.591. The molecule has 5 atom stereocenters. The Hall–Kier alpha value is -0.570. The van der Waals surface area contributed by atoms with E-state index in [1.807, 2.05) is 0 Å². The molecule has 0 aromatic rings. The lowest BCUT2D eigenvalue weighted by atomic mass is 9.76. The second-order valence-electron chi connectivity index (χ2n) is 6.92. The van der Waals surface area contributed by atoms with E-state index < -0.39 is 5.97 Å². The third-order valence-electron chi connectivity index (χ3n) is 5.51. The first kappa shape index (κ1) is 14.8. The standard InChI is InChI=1S/C16H29NO2/c1-11-8-9-13(16(18)19)15(10-11)17(3)14-7-5-4-6-12(14)2/h11-15H,4-10H2,1-3H3,(H,18,19). The molecular formula is C16H29NO2. The van der Waals surface area contributed by atoms with Crippen LogP contribution < -0.4 is 0 Å². The van der Waals surface area contributed by atoms with Gasteiger partial charge in [0.05, 0.1) is 5.92 Å². The van der Waals surface area contributed by atoms with Crippen LogP contribution >= 0.6 is 0 Å². The molecule has 3 heteroatoms. The molecule has 0 saturated heterocycles. The SMILES string of the molecule is CC1CCC(C(=O)O)C(N(C)C2CCCCC2C)C1. The maximum Gasteiger partial charge on any atom is 0.308 e. The first-order valence-corrected chi connectivity index (χ1v) is 7.95. The largest absolute Gasteiger partial charge is 0.481 e. The summed E-state index contributed by atoms with van der Waals surface area (Å²) in [6.07, 6.45) is 8.17. The minimum Gasteiger partial charge on any atom is -0.481 e. The summed E-state index contributed by atoms with van der Waals surface area (Å²) < 4.78 is 0. The number of hydrogen-bond donors (Lipinski definition) is 1. The molecule has 0 heterocycles. The summed E-state index contributed by atoms with van der Waals surface area (Å²) in [6.45, 7) is 4.60. The Balaban J connectivity index is 2.09. The molecule has 2 aliphatic carbocycles. The van der Waals surface area contributed by atoms with Gasteiger partial charge in [0.15, 0.2) is 0 Å². The van der Waals surface area contributed by atoms with E-state index in [1.54, 1.807) is 0 Å². The van der Waals surface area contributed by atoms with Gasteiger partial charge in [0.1, 0.15) is 0 Å². The zero-order valence-corrected chi connectivity index (χ0v) is 12.6. The Morgan fingerprint density at radius 3 is 2.37 bits per heavy atom. The van der Waals surface area contributed by atoms with Gasteiger partial charge >= 0.3 is 5.97 Å². The number of hydrogen-bond acceptors (Lipinski definition) is 2. The zero-order chi connectivity index (χ0) is 14.0. The van der Waals surface area contributed by atoms with Crippen LogP contribution in [0.4, 0.5) is 0 Å². The highest BCUT2D eigenvalue weighted by atomic mass is 16.4. The summed E-state index contributed by atoms with van der Waals surface area (Å²) in [4.78, 5) is 13.9. The molecule has 2 saturated carbocycles. The van der Waals surface area contributed by atoms with Crippen LogP contribution in [0, 0.1) is 17.8 Å². The predicted molar refractivity (Wildman–Crippen MR) is 77.1 cm³/mol. The number of carboxylic acids is 1. The van der Waals surface area contributed by atoms with E-state index in [-0.39, 0.29) is 12.0 Å². The highest BCUT2D eigenvalue weighted by Gasteiger charge is 2.39. The van der Waals surface area contributed by atoms with Gasteiger partial charge in [0.2, 0.25) is 0 Å². The number of nitrogens with zero attached hydrogens (tertiary/aromatic N) is 1. The van der Waals surface area contributed by atoms with Crippen molar-refractivity contribution in [3.05, 3.63) is 0 Å². The van der Waals surface area contributed by atoms with Crippen molar-refractivity contribution >= 4 is 5.97 Å². The van der Waals surface area contributed by atoms with Crippen LogP contribution in [0.2, 0.25) is 0 Å². The topological polar surface area (TPSA) is 40.5 Å². The average molecular weight is 267 g/mol. The lowest BCUT2D eigenvalue weighted by molar-refractivity contribution is -0.146. The van der Waals surface area contributed by atoms with Crippen molar-refractivity contribution in [1.29, 1.82) is 0 Å². The molecule has 0 amide bonds. The Morgan fingerprint density at radius 2 is 1.74 bits per heavy atom. The van der Waals surface area contributed by atoms with Crippen LogP contribution in [0.15, 0.2) is 0 Å². The molecule has 0 aliphatic heterocycles. The molecular weight excluding hydrogens is 238 g/mol. The van der Waals surface area contributed by atoms with Gasteiger partial charge in [-0.15, -0.1) is 0 Å². The van der Waals surface area contributed by atoms with E-state index in [9.17, 15) is 9.90 Å². The van der Waals surface area contributed by atoms with Crippen molar-refractivity contribution in [3.63, 3.8) is 0 Å². The zero-order valence-electron chi connectivity index (χ0n) is 12.6. The van der Waals surface area contributed by atoms with Crippen LogP contribution in [-0.4, -0.2) is 35.1 Å². The van der Waals surface area contributed by atoms with E-state index in [0.29, 0.717) is 17.9 Å². The maximum atomic E-state index is 11.5. The summed E-state index contributed by atoms with van der Waals surface area (Å²) >= 11 is 0. The molecule has 2 aliphatic rings. The van der Waals surface area contributed by atoms with Crippen LogP contribution in [0.25, 0.3) is 0 Å². The molecule has 3 nitrogen and oxygen atoms in total. The Bertz CT molecular complexity index is 318. The fraction of sp³-hybridized carbons (Fsp3) is 0.938. The molecule has 5 unspecified atom stereocenters. The van der Waals surface area contributed by atoms with Gasteiger partial charge < -0.3 is 5.11 Å². The van der Waals surface area contributed by atoms with Crippen molar-refractivity contribution in [1.82, 2.24) is 4.90 Å². The quantitative estimate of drug-likeness (QED) is 0.852. The smallest absolute Gasteiger partial charge is 0.308 e. The molecule has 0 bridgehead atoms. The lowest BCUT2D eigenvalue weighted by Gasteiger charge is -2.45. The Morgan fingerprint density at radius 1 is 1.05 bits per heavy atom. The van der Waals surface area contributed by atoms with Gasteiger partial charge in [-0.1, -0.05) is 26.7 Å². The van der Waals surface area contributed by atoms with E-state index in [1.165, 1.54) is 25.7 Å². The van der Waals surface area contributed by atoms with Gasteiger partial charge in [-0.3, -0.25) is 9.69 Å². The van der Waals surface area contributed by atoms with Crippen molar-refractivity contribution in [2.24, 2.45) is 17.8 Å². The Labute approximate surface area is 117 Å². The van der Waals surface area contributed by atoms with E-state index in [0.717, 1.165) is 19.3 Å². The molecule has 2 rings (SSSR count). The van der Waals surface area contributed by atoms with Crippen molar-refractivity contribution < 1.29 is 9.90 Å². The van der Waals surface area contributed by atoms with E-state index in [4.69, 9.17) is 0 Å². The van der Waals surface area contributed by atoms with Crippen LogP contribution in [0.5, 0.6) is 0 Å². The van der Waals surface area contributed by atoms with E-state index >= 15 is 0 Å². The Kier molecular flexibility index (Phi) is 4.88. The fourth-order valence-electron chi connectivity index (χ4n) is 4.24. The average Bonchev–Trinajstić information content (AvgIpc) is 2.38. The maximum absolute atomic E-state index is 11.5. The number of carbonyl (C=O) groups is 1. The monoisotopic (exact) mass is 267 g/mol. The summed E-state index contributed by atoms with van der Waals surface area (Å²) in [5.74, 6) is 0.634. The second kappa shape index (κ2) is 6.25. The summed E-state index contributed by atoms with van der Waals surface area (Å²) in [5, 5.41) is 9.48. The van der Waals surface area contributed by atoms with E-state index in [2.05, 4.69) is 25.8 Å². The van der Waals surface area contributed by atoms with Crippen LogP contribution in [0.3, 0.4) is 0 Å². The first-order valence-electron chi connectivity index (χ1n) is 7.95. The molecule has 2 fully saturated rings. The molecule has 19 heavy (non-hydrogen) atoms. The first-order chi connectivity index (χ1) is 9.00. The van der Waals surface area contributed by atoms with Crippen LogP contribution in [-0.2, 0) is 4.79 Å². The third-order valence-corrected chi connectivity index (χ3v) is 5.51. The highest BCUT2D eigenvalue weighted by Crippen LogP contribution is 2.36. The van der Waals surface area contributed by atoms with Crippen molar-refractivity contribution in [2.75, 3.05) is 7.05 Å². The van der Waals surface area contributed by atoms with Gasteiger partial charge in [-0.05, 0) is 51.0 Å². The molecule has 110 valence electrons. The third kappa shape index (κ3) is 3.31. The molecule has 1 N–H and O–H groups in total. The lowest BCUT2D eigenvalue weighted by Crippen LogP contribution is -2.51. The van der Waals surface area contributed by atoms with Crippen LogP contribution in [0.1, 0.15) is 58.8 Å². The summed E-state index contributed by atoms with van der Waals surface area (Å²) in [5.41, 5.74) is 0. The van der Waals surface area contributed by atoms with Gasteiger partial charge in [0.25, 0.3) is 0 Å². The van der Waals surface area contributed by atoms with Crippen molar-refractivity contribution in [2.45, 2.75) is 70.9 Å². The van der Waals surface area contributed by atoms with Gasteiger partial charge in [-0.2, -0.15) is 0 Å². The van der Waals surface area contributed by atoms with Crippen molar-refractivity contribution in [3.8, 4) is 0 Å². The number of aliphatic carboxylic acids is 1. The fourth-order valence-corrected chi connectivity index (χ4v) is 4.24. The normalized spacial score (nSPS) is 40.3. The molecule has 0 spiro atoms.